The maximum Gasteiger partial charge on any atom is 0.0728 e. The van der Waals surface area contributed by atoms with Crippen LogP contribution in [0.15, 0.2) is 24.7 Å². The molecule has 2 aliphatic rings. The third-order valence-corrected chi connectivity index (χ3v) is 6.19. The highest BCUT2D eigenvalue weighted by atomic mass is 15.5. The van der Waals surface area contributed by atoms with Crippen molar-refractivity contribution in [2.75, 3.05) is 38.2 Å². The zero-order valence-corrected chi connectivity index (χ0v) is 19.1. The van der Waals surface area contributed by atoms with Crippen molar-refractivity contribution >= 4 is 10.9 Å². The molecule has 2 aliphatic heterocycles. The van der Waals surface area contributed by atoms with Gasteiger partial charge in [0, 0.05) is 37.1 Å². The lowest BCUT2D eigenvalue weighted by atomic mass is 9.83. The Labute approximate surface area is 172 Å². The second kappa shape index (κ2) is 11.5. The number of piperidine rings is 2. The lowest BCUT2D eigenvalue weighted by molar-refractivity contribution is 0.184. The fourth-order valence-corrected chi connectivity index (χ4v) is 4.59. The van der Waals surface area contributed by atoms with Gasteiger partial charge in [0.15, 0.2) is 0 Å². The number of rotatable bonds is 3. The molecule has 2 saturated heterocycles. The molecule has 4 rings (SSSR count). The van der Waals surface area contributed by atoms with Gasteiger partial charge in [-0.15, -0.1) is 0 Å². The summed E-state index contributed by atoms with van der Waals surface area (Å²) in [4.78, 5) is 6.76. The molecule has 0 amide bonds. The van der Waals surface area contributed by atoms with E-state index in [1.54, 1.807) is 0 Å². The monoisotopic (exact) mass is 386 g/mol. The largest absolute Gasteiger partial charge is 0.313 e. The van der Waals surface area contributed by atoms with Crippen LogP contribution in [0.4, 0.5) is 0 Å². The average Bonchev–Trinajstić information content (AvgIpc) is 3.10. The number of hydrogen-bond acceptors (Lipinski definition) is 3. The summed E-state index contributed by atoms with van der Waals surface area (Å²) in [5.41, 5.74) is 2.63. The zero-order chi connectivity index (χ0) is 20.5. The van der Waals surface area contributed by atoms with E-state index in [2.05, 4.69) is 45.8 Å². The van der Waals surface area contributed by atoms with Gasteiger partial charge in [0.05, 0.1) is 5.52 Å². The van der Waals surface area contributed by atoms with E-state index in [9.17, 15) is 0 Å². The van der Waals surface area contributed by atoms with Crippen LogP contribution in [0.2, 0.25) is 0 Å². The summed E-state index contributed by atoms with van der Waals surface area (Å²) in [7, 11) is 2.26. The Morgan fingerprint density at radius 3 is 2.11 bits per heavy atom. The number of likely N-dealkylation sites (tertiary alicyclic amines) is 1. The fraction of sp³-hybridized carbons (Fsp3) is 0.708. The zero-order valence-electron chi connectivity index (χ0n) is 19.1. The Bertz CT molecular complexity index is 677. The highest BCUT2D eigenvalue weighted by molar-refractivity contribution is 5.83. The van der Waals surface area contributed by atoms with E-state index in [4.69, 9.17) is 0 Å². The molecule has 4 heteroatoms. The number of aryl methyl sites for hydroxylation is 1. The first-order chi connectivity index (χ1) is 13.7. The first-order valence-electron chi connectivity index (χ1n) is 11.6. The third-order valence-electron chi connectivity index (χ3n) is 6.19. The second-order valence-electron chi connectivity index (χ2n) is 7.93. The molecule has 2 aromatic heterocycles. The number of pyridine rings is 1. The first kappa shape index (κ1) is 22.7. The average molecular weight is 387 g/mol. The minimum atomic E-state index is 0.930. The molecular formula is C24H42N4. The quantitative estimate of drug-likeness (QED) is 0.698. The van der Waals surface area contributed by atoms with Gasteiger partial charge in [-0.3, -0.25) is 9.66 Å². The SMILES string of the molecule is CC.CC.Cc1cn(N2CCC(CC3CCN(C)CC3)CC2)c2ccncc12. The molecular weight excluding hydrogens is 344 g/mol. The van der Waals surface area contributed by atoms with Crippen molar-refractivity contribution in [1.82, 2.24) is 14.6 Å². The predicted octanol–water partition coefficient (Wildman–Crippen LogP) is 5.48. The highest BCUT2D eigenvalue weighted by Crippen LogP contribution is 2.30. The summed E-state index contributed by atoms with van der Waals surface area (Å²) < 4.78 is 2.37. The molecule has 158 valence electrons. The van der Waals surface area contributed by atoms with Crippen LogP contribution in [0.5, 0.6) is 0 Å². The molecule has 2 aromatic rings. The summed E-state index contributed by atoms with van der Waals surface area (Å²) in [6, 6.07) is 2.15. The summed E-state index contributed by atoms with van der Waals surface area (Å²) in [6.07, 6.45) is 13.1. The molecule has 0 radical (unpaired) electrons. The standard InChI is InChI=1S/C20H30N4.2C2H6/c1-16-15-24(20-3-8-21-14-19(16)20)23-11-6-18(7-12-23)13-17-4-9-22(2)10-5-17;2*1-2/h3,8,14-15,17-18H,4-7,9-13H2,1-2H3;2*1-2H3. The summed E-state index contributed by atoms with van der Waals surface area (Å²) in [6.45, 7) is 15.2. The van der Waals surface area contributed by atoms with Crippen LogP contribution in [0.3, 0.4) is 0 Å². The molecule has 0 aromatic carbocycles. The van der Waals surface area contributed by atoms with Crippen LogP contribution in [-0.4, -0.2) is 47.8 Å². The van der Waals surface area contributed by atoms with Crippen molar-refractivity contribution in [3.8, 4) is 0 Å². The summed E-state index contributed by atoms with van der Waals surface area (Å²) >= 11 is 0. The van der Waals surface area contributed by atoms with E-state index in [0.29, 0.717) is 0 Å². The molecule has 4 nitrogen and oxygen atoms in total. The molecule has 0 N–H and O–H groups in total. The Hall–Kier alpha value is -1.55. The summed E-state index contributed by atoms with van der Waals surface area (Å²) in [5, 5.41) is 3.81. The highest BCUT2D eigenvalue weighted by Gasteiger charge is 2.25. The van der Waals surface area contributed by atoms with Crippen molar-refractivity contribution in [3.05, 3.63) is 30.2 Å². The Balaban J connectivity index is 0.000000660. The minimum absolute atomic E-state index is 0.930. The van der Waals surface area contributed by atoms with Crippen LogP contribution >= 0.6 is 0 Å². The van der Waals surface area contributed by atoms with Crippen LogP contribution in [0, 0.1) is 18.8 Å². The summed E-state index contributed by atoms with van der Waals surface area (Å²) in [5.74, 6) is 1.90. The van der Waals surface area contributed by atoms with E-state index in [0.717, 1.165) is 11.8 Å². The van der Waals surface area contributed by atoms with Crippen LogP contribution in [0.25, 0.3) is 10.9 Å². The predicted molar refractivity (Wildman–Crippen MR) is 123 cm³/mol. The van der Waals surface area contributed by atoms with Gasteiger partial charge in [0.1, 0.15) is 0 Å². The number of nitrogens with zero attached hydrogens (tertiary/aromatic N) is 4. The number of aromatic nitrogens is 2. The normalized spacial score (nSPS) is 19.0. The van der Waals surface area contributed by atoms with E-state index < -0.39 is 0 Å². The van der Waals surface area contributed by atoms with Gasteiger partial charge >= 0.3 is 0 Å². The maximum absolute atomic E-state index is 4.28. The molecule has 0 unspecified atom stereocenters. The molecule has 0 spiro atoms. The van der Waals surface area contributed by atoms with E-state index in [1.807, 2.05) is 40.1 Å². The van der Waals surface area contributed by atoms with Crippen LogP contribution in [0.1, 0.15) is 65.4 Å². The smallest absolute Gasteiger partial charge is 0.0728 e. The number of hydrogen-bond donors (Lipinski definition) is 0. The van der Waals surface area contributed by atoms with Gasteiger partial charge < -0.3 is 9.91 Å². The van der Waals surface area contributed by atoms with Crippen molar-refractivity contribution in [1.29, 1.82) is 0 Å². The lowest BCUT2D eigenvalue weighted by Crippen LogP contribution is -2.42. The molecule has 2 fully saturated rings. The van der Waals surface area contributed by atoms with Crippen molar-refractivity contribution < 1.29 is 0 Å². The fourth-order valence-electron chi connectivity index (χ4n) is 4.59. The van der Waals surface area contributed by atoms with Crippen molar-refractivity contribution in [3.63, 3.8) is 0 Å². The van der Waals surface area contributed by atoms with Crippen LogP contribution in [-0.2, 0) is 0 Å². The molecule has 0 bridgehead atoms. The lowest BCUT2D eigenvalue weighted by Gasteiger charge is -2.37. The second-order valence-corrected chi connectivity index (χ2v) is 7.93. The Morgan fingerprint density at radius 2 is 1.50 bits per heavy atom. The van der Waals surface area contributed by atoms with Crippen molar-refractivity contribution in [2.45, 2.75) is 66.7 Å². The van der Waals surface area contributed by atoms with Gasteiger partial charge in [0.2, 0.25) is 0 Å². The Kier molecular flexibility index (Phi) is 9.30. The maximum atomic E-state index is 4.28. The van der Waals surface area contributed by atoms with Gasteiger partial charge in [0.25, 0.3) is 0 Å². The molecule has 0 aliphatic carbocycles. The van der Waals surface area contributed by atoms with Crippen LogP contribution < -0.4 is 5.01 Å². The first-order valence-corrected chi connectivity index (χ1v) is 11.6. The van der Waals surface area contributed by atoms with Gasteiger partial charge in [-0.25, -0.2) is 0 Å². The molecule has 0 atom stereocenters. The van der Waals surface area contributed by atoms with Gasteiger partial charge in [-0.05, 0) is 82.6 Å². The van der Waals surface area contributed by atoms with Gasteiger partial charge in [-0.2, -0.15) is 0 Å². The third kappa shape index (κ3) is 5.50. The number of fused-ring (bicyclic) bond motifs is 1. The molecule has 28 heavy (non-hydrogen) atoms. The molecule has 4 heterocycles. The topological polar surface area (TPSA) is 24.3 Å². The van der Waals surface area contributed by atoms with E-state index >= 15 is 0 Å². The van der Waals surface area contributed by atoms with Gasteiger partial charge in [-0.1, -0.05) is 27.7 Å². The van der Waals surface area contributed by atoms with E-state index in [1.165, 1.54) is 74.7 Å². The Morgan fingerprint density at radius 1 is 0.929 bits per heavy atom. The molecule has 0 saturated carbocycles. The minimum Gasteiger partial charge on any atom is -0.313 e. The van der Waals surface area contributed by atoms with Crippen molar-refractivity contribution in [2.24, 2.45) is 11.8 Å². The van der Waals surface area contributed by atoms with E-state index in [-0.39, 0.29) is 0 Å².